The van der Waals surface area contributed by atoms with E-state index in [1.165, 1.54) is 23.9 Å². The number of thioether (sulfide) groups is 1. The van der Waals surface area contributed by atoms with Gasteiger partial charge in [0, 0.05) is 23.5 Å². The van der Waals surface area contributed by atoms with Crippen LogP contribution in [0.15, 0.2) is 70.9 Å². The third-order valence-corrected chi connectivity index (χ3v) is 5.19. The summed E-state index contributed by atoms with van der Waals surface area (Å²) in [4.78, 5) is 30.1. The molecule has 1 aliphatic rings. The molecule has 0 bridgehead atoms. The van der Waals surface area contributed by atoms with Crippen molar-refractivity contribution in [3.05, 3.63) is 81.5 Å². The molecule has 0 saturated carbocycles. The maximum atomic E-state index is 12.8. The number of nitro groups is 1. The highest BCUT2D eigenvalue weighted by Gasteiger charge is 2.34. The van der Waals surface area contributed by atoms with Gasteiger partial charge in [0.1, 0.15) is 6.04 Å². The van der Waals surface area contributed by atoms with Gasteiger partial charge in [0.2, 0.25) is 0 Å². The standard InChI is InChI=1S/C21H21N3O4S/c1-4-28-20(25)18-14(2)23(16-8-6-5-7-9-16)21(29-3)22-19(18)15-10-12-17(13-11-15)24(26)27/h5-13,19H,4H2,1-3H3/t19-/m0/s1. The molecule has 2 aromatic carbocycles. The fourth-order valence-corrected chi connectivity index (χ4v) is 3.84. The maximum Gasteiger partial charge on any atom is 0.338 e. The lowest BCUT2D eigenvalue weighted by Crippen LogP contribution is -2.35. The zero-order valence-corrected chi connectivity index (χ0v) is 17.2. The van der Waals surface area contributed by atoms with E-state index in [2.05, 4.69) is 0 Å². The number of hydrogen-bond donors (Lipinski definition) is 0. The predicted octanol–water partition coefficient (Wildman–Crippen LogP) is 4.71. The number of aliphatic imine (C=N–C) groups is 1. The molecule has 0 unspecified atom stereocenters. The number of carbonyl (C=O) groups is 1. The Morgan fingerprint density at radius 2 is 1.86 bits per heavy atom. The number of non-ortho nitro benzene ring substituents is 1. The molecule has 0 aromatic heterocycles. The summed E-state index contributed by atoms with van der Waals surface area (Å²) < 4.78 is 5.31. The largest absolute Gasteiger partial charge is 0.463 e. The highest BCUT2D eigenvalue weighted by molar-refractivity contribution is 8.13. The van der Waals surface area contributed by atoms with Crippen molar-refractivity contribution in [3.8, 4) is 0 Å². The molecule has 29 heavy (non-hydrogen) atoms. The van der Waals surface area contributed by atoms with Crippen LogP contribution in [0.25, 0.3) is 0 Å². The molecule has 0 spiro atoms. The Morgan fingerprint density at radius 3 is 2.41 bits per heavy atom. The first-order valence-electron chi connectivity index (χ1n) is 9.07. The molecule has 150 valence electrons. The Balaban J connectivity index is 2.14. The van der Waals surface area contributed by atoms with Crippen molar-refractivity contribution >= 4 is 34.3 Å². The summed E-state index contributed by atoms with van der Waals surface area (Å²) in [6.07, 6.45) is 1.92. The summed E-state index contributed by atoms with van der Waals surface area (Å²) in [5.41, 5.74) is 2.71. The van der Waals surface area contributed by atoms with Crippen molar-refractivity contribution in [3.63, 3.8) is 0 Å². The molecule has 8 heteroatoms. The van der Waals surface area contributed by atoms with Gasteiger partial charge in [-0.2, -0.15) is 0 Å². The van der Waals surface area contributed by atoms with Crippen molar-refractivity contribution in [1.82, 2.24) is 0 Å². The number of ether oxygens (including phenoxy) is 1. The van der Waals surface area contributed by atoms with E-state index in [0.717, 1.165) is 16.6 Å². The number of nitrogens with zero attached hydrogens (tertiary/aromatic N) is 3. The second kappa shape index (κ2) is 8.91. The van der Waals surface area contributed by atoms with E-state index >= 15 is 0 Å². The van der Waals surface area contributed by atoms with Gasteiger partial charge < -0.3 is 4.74 Å². The summed E-state index contributed by atoms with van der Waals surface area (Å²) >= 11 is 1.47. The summed E-state index contributed by atoms with van der Waals surface area (Å²) in [7, 11) is 0. The Bertz CT molecular complexity index is 971. The maximum absolute atomic E-state index is 12.8. The average molecular weight is 411 g/mol. The van der Waals surface area contributed by atoms with Crippen molar-refractivity contribution in [1.29, 1.82) is 0 Å². The van der Waals surface area contributed by atoms with Crippen molar-refractivity contribution in [2.75, 3.05) is 17.8 Å². The molecule has 1 aliphatic heterocycles. The van der Waals surface area contributed by atoms with E-state index in [9.17, 15) is 14.9 Å². The Labute approximate surface area is 173 Å². The number of benzene rings is 2. The average Bonchev–Trinajstić information content (AvgIpc) is 2.73. The number of hydrogen-bond acceptors (Lipinski definition) is 7. The second-order valence-corrected chi connectivity index (χ2v) is 7.03. The molecule has 7 nitrogen and oxygen atoms in total. The highest BCUT2D eigenvalue weighted by atomic mass is 32.2. The van der Waals surface area contributed by atoms with E-state index in [-0.39, 0.29) is 12.3 Å². The fourth-order valence-electron chi connectivity index (χ4n) is 3.21. The van der Waals surface area contributed by atoms with Crippen molar-refractivity contribution < 1.29 is 14.5 Å². The number of rotatable bonds is 5. The molecule has 1 atom stereocenters. The molecule has 0 fully saturated rings. The first-order chi connectivity index (χ1) is 14.0. The number of carbonyl (C=O) groups excluding carboxylic acids is 1. The van der Waals surface area contributed by atoms with Crippen LogP contribution in [-0.2, 0) is 9.53 Å². The number of para-hydroxylation sites is 1. The van der Waals surface area contributed by atoms with Gasteiger partial charge in [-0.25, -0.2) is 9.79 Å². The van der Waals surface area contributed by atoms with Crippen LogP contribution in [0.4, 0.5) is 11.4 Å². The number of amidine groups is 1. The van der Waals surface area contributed by atoms with Gasteiger partial charge in [0.25, 0.3) is 5.69 Å². The minimum atomic E-state index is -0.600. The molecular formula is C21H21N3O4S. The van der Waals surface area contributed by atoms with Crippen LogP contribution < -0.4 is 4.90 Å². The number of nitro benzene ring substituents is 1. The van der Waals surface area contributed by atoms with Crippen molar-refractivity contribution in [2.45, 2.75) is 19.9 Å². The lowest BCUT2D eigenvalue weighted by molar-refractivity contribution is -0.384. The highest BCUT2D eigenvalue weighted by Crippen LogP contribution is 2.39. The Hall–Kier alpha value is -3.13. The molecule has 3 rings (SSSR count). The first-order valence-corrected chi connectivity index (χ1v) is 10.3. The Kier molecular flexibility index (Phi) is 6.33. The summed E-state index contributed by atoms with van der Waals surface area (Å²) in [5, 5.41) is 11.7. The van der Waals surface area contributed by atoms with Crippen molar-refractivity contribution in [2.24, 2.45) is 4.99 Å². The van der Waals surface area contributed by atoms with Crippen LogP contribution in [0.1, 0.15) is 25.5 Å². The van der Waals surface area contributed by atoms with Crippen LogP contribution in [0.5, 0.6) is 0 Å². The molecule has 0 radical (unpaired) electrons. The van der Waals surface area contributed by atoms with Gasteiger partial charge in [0.05, 0.1) is 17.1 Å². The molecule has 0 amide bonds. The summed E-state index contributed by atoms with van der Waals surface area (Å²) in [6.45, 7) is 3.86. The SMILES string of the molecule is CCOC(=O)C1=C(C)N(c2ccccc2)C(SC)=N[C@H]1c1ccc([N+](=O)[O-])cc1. The van der Waals surface area contributed by atoms with Gasteiger partial charge in [-0.1, -0.05) is 30.0 Å². The molecule has 0 aliphatic carbocycles. The molecule has 1 heterocycles. The van der Waals surface area contributed by atoms with Crippen LogP contribution in [-0.4, -0.2) is 28.9 Å². The van der Waals surface area contributed by atoms with E-state index < -0.39 is 16.9 Å². The van der Waals surface area contributed by atoms with Gasteiger partial charge in [-0.05, 0) is 49.9 Å². The zero-order valence-electron chi connectivity index (χ0n) is 16.4. The Morgan fingerprint density at radius 1 is 1.21 bits per heavy atom. The molecule has 0 saturated heterocycles. The number of anilines is 1. The minimum Gasteiger partial charge on any atom is -0.463 e. The van der Waals surface area contributed by atoms with Gasteiger partial charge in [-0.3, -0.25) is 15.0 Å². The number of esters is 1. The van der Waals surface area contributed by atoms with Crippen LogP contribution >= 0.6 is 11.8 Å². The van der Waals surface area contributed by atoms with E-state index in [1.807, 2.05) is 48.4 Å². The first kappa shape index (κ1) is 20.6. The van der Waals surface area contributed by atoms with Crippen LogP contribution in [0.2, 0.25) is 0 Å². The fraction of sp³-hybridized carbons (Fsp3) is 0.238. The topological polar surface area (TPSA) is 85.0 Å². The summed E-state index contributed by atoms with van der Waals surface area (Å²) in [6, 6.07) is 15.2. The van der Waals surface area contributed by atoms with Gasteiger partial charge in [0.15, 0.2) is 5.17 Å². The van der Waals surface area contributed by atoms with Gasteiger partial charge >= 0.3 is 5.97 Å². The lowest BCUT2D eigenvalue weighted by Gasteiger charge is -2.34. The van der Waals surface area contributed by atoms with Crippen LogP contribution in [0.3, 0.4) is 0 Å². The second-order valence-electron chi connectivity index (χ2n) is 6.26. The van der Waals surface area contributed by atoms with E-state index in [4.69, 9.17) is 9.73 Å². The molecule has 0 N–H and O–H groups in total. The molecular weight excluding hydrogens is 390 g/mol. The van der Waals surface area contributed by atoms with Crippen LogP contribution in [0, 0.1) is 10.1 Å². The third-order valence-electron chi connectivity index (χ3n) is 4.54. The number of allylic oxidation sites excluding steroid dienone is 1. The normalized spacial score (nSPS) is 16.4. The van der Waals surface area contributed by atoms with E-state index in [1.54, 1.807) is 19.1 Å². The monoisotopic (exact) mass is 411 g/mol. The summed E-state index contributed by atoms with van der Waals surface area (Å²) in [5.74, 6) is -0.446. The predicted molar refractivity (Wildman–Crippen MR) is 115 cm³/mol. The smallest absolute Gasteiger partial charge is 0.338 e. The minimum absolute atomic E-state index is 0.0112. The van der Waals surface area contributed by atoms with Gasteiger partial charge in [-0.15, -0.1) is 0 Å². The quantitative estimate of drug-likeness (QED) is 0.402. The zero-order chi connectivity index (χ0) is 21.0. The van der Waals surface area contributed by atoms with E-state index in [0.29, 0.717) is 11.1 Å². The third kappa shape index (κ3) is 4.17. The lowest BCUT2D eigenvalue weighted by atomic mass is 9.95. The molecule has 2 aromatic rings.